The van der Waals surface area contributed by atoms with E-state index in [0.717, 1.165) is 77.8 Å². The normalized spacial score (nSPS) is 20.3. The summed E-state index contributed by atoms with van der Waals surface area (Å²) in [5.41, 5.74) is 5.95. The number of rotatable bonds is 9. The van der Waals surface area contributed by atoms with Crippen LogP contribution >= 0.6 is 0 Å². The maximum Gasteiger partial charge on any atom is 0.407 e. The van der Waals surface area contributed by atoms with Crippen molar-refractivity contribution in [2.24, 2.45) is 16.7 Å². The molecule has 0 unspecified atom stereocenters. The van der Waals surface area contributed by atoms with Crippen LogP contribution in [0.3, 0.4) is 0 Å². The van der Waals surface area contributed by atoms with Gasteiger partial charge in [0.15, 0.2) is 0 Å². The number of nitrogens with zero attached hydrogens (tertiary/aromatic N) is 4. The van der Waals surface area contributed by atoms with Crippen molar-refractivity contribution in [2.45, 2.75) is 76.5 Å². The highest BCUT2D eigenvalue weighted by Crippen LogP contribution is 2.59. The van der Waals surface area contributed by atoms with E-state index in [1.807, 2.05) is 96.4 Å². The summed E-state index contributed by atoms with van der Waals surface area (Å²) in [4.78, 5) is 73.0. The minimum atomic E-state index is -0.885. The van der Waals surface area contributed by atoms with Crippen LogP contribution in [-0.4, -0.2) is 87.1 Å². The number of hydrogen-bond donors (Lipinski definition) is 4. The van der Waals surface area contributed by atoms with E-state index < -0.39 is 24.3 Å². The minimum absolute atomic E-state index is 0.0737. The number of likely N-dealkylation sites (tertiary alicyclic amines) is 2. The summed E-state index contributed by atoms with van der Waals surface area (Å²) in [5.74, 6) is 7.60. The standard InChI is InChI=1S/C47H50N8O6/c1-28(2)38(52-44(58)60-3)42(56)55-27-47(20-21-47)24-37(55)41-49-33-17-14-30(22-34(33)50-41)11-10-29-12-15-31(16-13-29)35-25-48-40(51-35)36-23-46(18-19-46)26-54(36)43(57)39(53-45(59)61-4)32-8-6-5-7-9-32/h5-9,12-17,22,25,28,36-39H,18-21,23-24,26-27H2,1-4H3,(H,48,51)(H,49,50)(H,52,58)(H,53,59)/t36-,37-,38-,39+/m0/s1. The number of imidazole rings is 2. The Hall–Kier alpha value is -6.62. The molecule has 2 aliphatic carbocycles. The van der Waals surface area contributed by atoms with Crippen LogP contribution in [0.4, 0.5) is 9.59 Å². The maximum atomic E-state index is 14.2. The number of amides is 4. The molecule has 14 nitrogen and oxygen atoms in total. The van der Waals surface area contributed by atoms with Crippen LogP contribution in [0.25, 0.3) is 22.3 Å². The number of aromatic nitrogens is 4. The first kappa shape index (κ1) is 39.8. The van der Waals surface area contributed by atoms with E-state index in [1.165, 1.54) is 14.2 Å². The molecule has 314 valence electrons. The second kappa shape index (κ2) is 15.8. The fourth-order valence-electron chi connectivity index (χ4n) is 9.09. The number of aromatic amines is 2. The number of nitrogens with one attached hydrogen (secondary N) is 4. The molecule has 4 amide bonds. The molecule has 0 radical (unpaired) electrons. The molecule has 3 aromatic carbocycles. The van der Waals surface area contributed by atoms with Gasteiger partial charge in [-0.15, -0.1) is 0 Å². The predicted molar refractivity (Wildman–Crippen MR) is 226 cm³/mol. The van der Waals surface area contributed by atoms with Gasteiger partial charge in [0.2, 0.25) is 5.91 Å². The van der Waals surface area contributed by atoms with E-state index in [0.29, 0.717) is 24.5 Å². The van der Waals surface area contributed by atoms with E-state index in [-0.39, 0.29) is 40.6 Å². The number of fused-ring (bicyclic) bond motifs is 1. The van der Waals surface area contributed by atoms with Gasteiger partial charge < -0.3 is 39.9 Å². The Morgan fingerprint density at radius 3 is 2.00 bits per heavy atom. The van der Waals surface area contributed by atoms with Crippen LogP contribution in [0, 0.1) is 28.6 Å². The van der Waals surface area contributed by atoms with Gasteiger partial charge >= 0.3 is 12.2 Å². The van der Waals surface area contributed by atoms with Crippen molar-refractivity contribution in [2.75, 3.05) is 27.3 Å². The molecule has 4 aliphatic rings. The van der Waals surface area contributed by atoms with Gasteiger partial charge in [0, 0.05) is 24.2 Å². The Balaban J connectivity index is 0.893. The number of alkyl carbamates (subject to hydrolysis) is 2. The molecule has 4 N–H and O–H groups in total. The number of carbonyl (C=O) groups is 4. The molecule has 2 spiro atoms. The van der Waals surface area contributed by atoms with Gasteiger partial charge in [0.25, 0.3) is 5.91 Å². The summed E-state index contributed by atoms with van der Waals surface area (Å²) < 4.78 is 9.69. The lowest BCUT2D eigenvalue weighted by Gasteiger charge is -2.30. The summed E-state index contributed by atoms with van der Waals surface area (Å²) in [6.07, 6.45) is 6.41. The Morgan fingerprint density at radius 2 is 1.36 bits per heavy atom. The van der Waals surface area contributed by atoms with Gasteiger partial charge in [-0.2, -0.15) is 0 Å². The Morgan fingerprint density at radius 1 is 0.754 bits per heavy atom. The summed E-state index contributed by atoms with van der Waals surface area (Å²) in [6, 6.07) is 21.0. The Bertz CT molecular complexity index is 2550. The first-order chi connectivity index (χ1) is 29.5. The summed E-state index contributed by atoms with van der Waals surface area (Å²) in [7, 11) is 2.59. The smallest absolute Gasteiger partial charge is 0.407 e. The molecular formula is C47H50N8O6. The van der Waals surface area contributed by atoms with Gasteiger partial charge in [0.05, 0.1) is 49.2 Å². The van der Waals surface area contributed by atoms with Crippen molar-refractivity contribution >= 4 is 35.0 Å². The molecular weight excluding hydrogens is 773 g/mol. The van der Waals surface area contributed by atoms with Crippen molar-refractivity contribution in [3.8, 4) is 23.1 Å². The summed E-state index contributed by atoms with van der Waals surface area (Å²) in [5, 5.41) is 5.50. The summed E-state index contributed by atoms with van der Waals surface area (Å²) >= 11 is 0. The van der Waals surface area contributed by atoms with Gasteiger partial charge in [-0.05, 0) is 96.7 Å². The molecule has 2 saturated heterocycles. The molecule has 0 bridgehead atoms. The van der Waals surface area contributed by atoms with E-state index in [1.54, 1.807) is 6.20 Å². The third-order valence-corrected chi connectivity index (χ3v) is 13.0. The molecule has 2 aliphatic heterocycles. The molecule has 4 atom stereocenters. The monoisotopic (exact) mass is 822 g/mol. The van der Waals surface area contributed by atoms with E-state index in [9.17, 15) is 19.2 Å². The molecule has 2 aromatic heterocycles. The van der Waals surface area contributed by atoms with Crippen LogP contribution in [0.2, 0.25) is 0 Å². The highest BCUT2D eigenvalue weighted by Gasteiger charge is 2.56. The molecule has 14 heteroatoms. The number of hydrogen-bond acceptors (Lipinski definition) is 8. The lowest BCUT2D eigenvalue weighted by molar-refractivity contribution is -0.136. The first-order valence-corrected chi connectivity index (χ1v) is 21.0. The predicted octanol–water partition coefficient (Wildman–Crippen LogP) is 6.94. The van der Waals surface area contributed by atoms with Crippen LogP contribution in [0.1, 0.15) is 98.8 Å². The Labute approximate surface area is 354 Å². The van der Waals surface area contributed by atoms with Crippen LogP contribution < -0.4 is 10.6 Å². The second-order valence-electron chi connectivity index (χ2n) is 17.6. The zero-order valence-electron chi connectivity index (χ0n) is 34.8. The van der Waals surface area contributed by atoms with E-state index in [4.69, 9.17) is 19.4 Å². The highest BCUT2D eigenvalue weighted by atomic mass is 16.5. The van der Waals surface area contributed by atoms with Gasteiger partial charge in [-0.3, -0.25) is 9.59 Å². The highest BCUT2D eigenvalue weighted by molar-refractivity contribution is 5.88. The van der Waals surface area contributed by atoms with Crippen molar-refractivity contribution in [1.29, 1.82) is 0 Å². The molecule has 9 rings (SSSR count). The van der Waals surface area contributed by atoms with Crippen molar-refractivity contribution in [3.05, 3.63) is 107 Å². The number of ether oxygens (including phenoxy) is 2. The molecule has 4 heterocycles. The molecule has 4 fully saturated rings. The zero-order valence-corrected chi connectivity index (χ0v) is 34.8. The average Bonchev–Trinajstić information content (AvgIpc) is 3.89. The SMILES string of the molecule is COC(=O)N[C@H](C(=O)N1CC2(CC2)C[C@H]1c1nc2ccc(C#Cc3ccc(-c4cnc([C@@H]5CC6(CC6)CN5C(=O)[C@H](NC(=O)OC)c5ccccc5)[nH]4)cc3)cc2[nH]1)C(C)C. The van der Waals surface area contributed by atoms with Crippen LogP contribution in [0.5, 0.6) is 0 Å². The average molecular weight is 823 g/mol. The number of methoxy groups -OCH3 is 2. The van der Waals surface area contributed by atoms with Crippen molar-refractivity contribution in [3.63, 3.8) is 0 Å². The van der Waals surface area contributed by atoms with Gasteiger partial charge in [-0.1, -0.05) is 68.2 Å². The first-order valence-electron chi connectivity index (χ1n) is 21.0. The van der Waals surface area contributed by atoms with Crippen molar-refractivity contribution in [1.82, 2.24) is 40.4 Å². The van der Waals surface area contributed by atoms with E-state index in [2.05, 4.69) is 32.4 Å². The minimum Gasteiger partial charge on any atom is -0.453 e. The third kappa shape index (κ3) is 8.04. The maximum absolute atomic E-state index is 14.2. The lowest BCUT2D eigenvalue weighted by atomic mass is 10.0. The molecule has 5 aromatic rings. The topological polar surface area (TPSA) is 175 Å². The third-order valence-electron chi connectivity index (χ3n) is 13.0. The zero-order chi connectivity index (χ0) is 42.5. The van der Waals surface area contributed by atoms with Crippen molar-refractivity contribution < 1.29 is 28.7 Å². The van der Waals surface area contributed by atoms with E-state index >= 15 is 0 Å². The summed E-state index contributed by atoms with van der Waals surface area (Å²) in [6.45, 7) is 5.09. The molecule has 2 saturated carbocycles. The largest absolute Gasteiger partial charge is 0.453 e. The van der Waals surface area contributed by atoms with Gasteiger partial charge in [-0.25, -0.2) is 19.6 Å². The number of benzene rings is 3. The fourth-order valence-corrected chi connectivity index (χ4v) is 9.09. The lowest BCUT2D eigenvalue weighted by Crippen LogP contribution is -2.51. The van der Waals surface area contributed by atoms with Crippen LogP contribution in [-0.2, 0) is 19.1 Å². The quantitative estimate of drug-likeness (QED) is 0.116. The van der Waals surface area contributed by atoms with Crippen LogP contribution in [0.15, 0.2) is 79.0 Å². The molecule has 61 heavy (non-hydrogen) atoms. The van der Waals surface area contributed by atoms with Gasteiger partial charge in [0.1, 0.15) is 23.7 Å². The second-order valence-corrected chi connectivity index (χ2v) is 17.6. The number of H-pyrrole nitrogens is 2. The number of carbonyl (C=O) groups excluding carboxylic acids is 4. The Kier molecular flexibility index (Phi) is 10.3. The fraction of sp³-hybridized carbons (Fsp3) is 0.404.